The molecule has 0 bridgehead atoms. The molecule has 0 atom stereocenters. The third-order valence-electron chi connectivity index (χ3n) is 4.80. The third-order valence-corrected chi connectivity index (χ3v) is 4.80. The van der Waals surface area contributed by atoms with Crippen LogP contribution in [-0.4, -0.2) is 44.0 Å². The van der Waals surface area contributed by atoms with Gasteiger partial charge in [-0.05, 0) is 42.7 Å². The molecule has 1 aliphatic heterocycles. The zero-order valence-corrected chi connectivity index (χ0v) is 15.6. The highest BCUT2D eigenvalue weighted by Crippen LogP contribution is 2.27. The van der Waals surface area contributed by atoms with Gasteiger partial charge in [0, 0.05) is 25.6 Å². The van der Waals surface area contributed by atoms with Crippen LogP contribution in [0.2, 0.25) is 0 Å². The molecule has 0 saturated carbocycles. The molecule has 2 amide bonds. The van der Waals surface area contributed by atoms with Gasteiger partial charge in [-0.3, -0.25) is 9.59 Å². The maximum atomic E-state index is 12.5. The third kappa shape index (κ3) is 4.42. The molecule has 0 aliphatic carbocycles. The van der Waals surface area contributed by atoms with Crippen LogP contribution in [-0.2, 0) is 11.3 Å². The molecule has 1 aliphatic rings. The number of ether oxygens (including phenoxy) is 2. The molecule has 7 nitrogen and oxygen atoms in total. The van der Waals surface area contributed by atoms with E-state index in [0.717, 1.165) is 5.56 Å². The van der Waals surface area contributed by atoms with Gasteiger partial charge < -0.3 is 24.1 Å². The lowest BCUT2D eigenvalue weighted by Crippen LogP contribution is -2.42. The monoisotopic (exact) mass is 372 g/mol. The van der Waals surface area contributed by atoms with E-state index in [-0.39, 0.29) is 17.7 Å². The van der Waals surface area contributed by atoms with Crippen molar-refractivity contribution < 1.29 is 23.5 Å². The van der Waals surface area contributed by atoms with Crippen molar-refractivity contribution in [3.8, 4) is 11.5 Å². The van der Waals surface area contributed by atoms with Crippen LogP contribution in [0, 0.1) is 5.92 Å². The number of nitrogens with zero attached hydrogens (tertiary/aromatic N) is 1. The Morgan fingerprint density at radius 3 is 2.52 bits per heavy atom. The molecule has 1 fully saturated rings. The lowest BCUT2D eigenvalue weighted by molar-refractivity contribution is -0.126. The number of hydrogen-bond donors (Lipinski definition) is 1. The fraction of sp³-hybridized carbons (Fsp3) is 0.400. The van der Waals surface area contributed by atoms with Crippen molar-refractivity contribution in [1.82, 2.24) is 10.2 Å². The van der Waals surface area contributed by atoms with E-state index in [2.05, 4.69) is 5.32 Å². The Morgan fingerprint density at radius 2 is 1.89 bits per heavy atom. The summed E-state index contributed by atoms with van der Waals surface area (Å²) in [5.41, 5.74) is 0.937. The van der Waals surface area contributed by atoms with Crippen molar-refractivity contribution in [3.05, 3.63) is 47.9 Å². The fourth-order valence-electron chi connectivity index (χ4n) is 3.22. The van der Waals surface area contributed by atoms with Crippen LogP contribution in [0.15, 0.2) is 41.0 Å². The topological polar surface area (TPSA) is 81.0 Å². The molecule has 7 heteroatoms. The Labute approximate surface area is 158 Å². The number of rotatable bonds is 6. The first-order valence-electron chi connectivity index (χ1n) is 8.93. The van der Waals surface area contributed by atoms with E-state index in [9.17, 15) is 9.59 Å². The Bertz CT molecular complexity index is 780. The number of amides is 2. The van der Waals surface area contributed by atoms with Crippen molar-refractivity contribution in [3.63, 3.8) is 0 Å². The normalized spacial score (nSPS) is 14.7. The van der Waals surface area contributed by atoms with E-state index in [1.54, 1.807) is 31.3 Å². The number of carbonyl (C=O) groups is 2. The number of benzene rings is 1. The number of carbonyl (C=O) groups excluding carboxylic acids is 2. The van der Waals surface area contributed by atoms with E-state index >= 15 is 0 Å². The van der Waals surface area contributed by atoms with Crippen molar-refractivity contribution >= 4 is 11.8 Å². The highest BCUT2D eigenvalue weighted by Gasteiger charge is 2.28. The van der Waals surface area contributed by atoms with E-state index in [4.69, 9.17) is 13.9 Å². The lowest BCUT2D eigenvalue weighted by atomic mass is 9.95. The molecule has 3 rings (SSSR count). The molecule has 0 unspecified atom stereocenters. The number of piperidine rings is 1. The summed E-state index contributed by atoms with van der Waals surface area (Å²) in [5, 5.41) is 2.97. The zero-order chi connectivity index (χ0) is 19.2. The molecule has 1 saturated heterocycles. The minimum absolute atomic E-state index is 0.00915. The SMILES string of the molecule is COc1ccc(CNC(=O)C2CCN(C(=O)c3ccco3)CC2)cc1OC. The maximum Gasteiger partial charge on any atom is 0.289 e. The summed E-state index contributed by atoms with van der Waals surface area (Å²) in [5.74, 6) is 1.42. The van der Waals surface area contributed by atoms with Gasteiger partial charge in [0.25, 0.3) is 5.91 Å². The van der Waals surface area contributed by atoms with Crippen molar-refractivity contribution in [2.24, 2.45) is 5.92 Å². The van der Waals surface area contributed by atoms with E-state index in [1.165, 1.54) is 6.26 Å². The molecule has 0 spiro atoms. The largest absolute Gasteiger partial charge is 0.493 e. The van der Waals surface area contributed by atoms with E-state index in [0.29, 0.717) is 49.7 Å². The van der Waals surface area contributed by atoms with Gasteiger partial charge in [-0.1, -0.05) is 6.07 Å². The number of hydrogen-bond acceptors (Lipinski definition) is 5. The second-order valence-corrected chi connectivity index (χ2v) is 6.45. The molecular weight excluding hydrogens is 348 g/mol. The van der Waals surface area contributed by atoms with Gasteiger partial charge in [-0.15, -0.1) is 0 Å². The van der Waals surface area contributed by atoms with Crippen LogP contribution in [0.5, 0.6) is 11.5 Å². The quantitative estimate of drug-likeness (QED) is 0.842. The fourth-order valence-corrected chi connectivity index (χ4v) is 3.22. The molecule has 1 aromatic heterocycles. The molecule has 2 aromatic rings. The minimum atomic E-state index is -0.121. The van der Waals surface area contributed by atoms with E-state index < -0.39 is 0 Å². The van der Waals surface area contributed by atoms with Crippen LogP contribution >= 0.6 is 0 Å². The summed E-state index contributed by atoms with van der Waals surface area (Å²) in [6, 6.07) is 8.92. The van der Waals surface area contributed by atoms with E-state index in [1.807, 2.05) is 18.2 Å². The summed E-state index contributed by atoms with van der Waals surface area (Å²) in [4.78, 5) is 26.5. The van der Waals surface area contributed by atoms with Gasteiger partial charge in [0.1, 0.15) is 0 Å². The van der Waals surface area contributed by atoms with Crippen LogP contribution in [0.4, 0.5) is 0 Å². The molecule has 0 radical (unpaired) electrons. The number of likely N-dealkylation sites (tertiary alicyclic amines) is 1. The first-order chi connectivity index (χ1) is 13.1. The average Bonchev–Trinajstić information content (AvgIpc) is 3.26. The molecule has 1 N–H and O–H groups in total. The van der Waals surface area contributed by atoms with Gasteiger partial charge in [-0.2, -0.15) is 0 Å². The predicted molar refractivity (Wildman–Crippen MR) is 98.7 cm³/mol. The average molecular weight is 372 g/mol. The smallest absolute Gasteiger partial charge is 0.289 e. The second-order valence-electron chi connectivity index (χ2n) is 6.45. The molecule has 144 valence electrons. The highest BCUT2D eigenvalue weighted by molar-refractivity contribution is 5.91. The van der Waals surface area contributed by atoms with Crippen LogP contribution in [0.3, 0.4) is 0 Å². The van der Waals surface area contributed by atoms with Crippen LogP contribution in [0.1, 0.15) is 29.0 Å². The second kappa shape index (κ2) is 8.62. The van der Waals surface area contributed by atoms with Gasteiger partial charge in [-0.25, -0.2) is 0 Å². The zero-order valence-electron chi connectivity index (χ0n) is 15.6. The predicted octanol–water partition coefficient (Wildman–Crippen LogP) is 2.47. The van der Waals surface area contributed by atoms with Gasteiger partial charge in [0.05, 0.1) is 20.5 Å². The van der Waals surface area contributed by atoms with Gasteiger partial charge in [0.15, 0.2) is 17.3 Å². The Hall–Kier alpha value is -2.96. The minimum Gasteiger partial charge on any atom is -0.493 e. The molecule has 27 heavy (non-hydrogen) atoms. The number of nitrogens with one attached hydrogen (secondary N) is 1. The van der Waals surface area contributed by atoms with Gasteiger partial charge in [0.2, 0.25) is 5.91 Å². The standard InChI is InChI=1S/C20H24N2O5/c1-25-16-6-5-14(12-18(16)26-2)13-21-19(23)15-7-9-22(10-8-15)20(24)17-4-3-11-27-17/h3-6,11-12,15H,7-10,13H2,1-2H3,(H,21,23). The maximum absolute atomic E-state index is 12.5. The summed E-state index contributed by atoms with van der Waals surface area (Å²) in [6.45, 7) is 1.52. The molecular formula is C20H24N2O5. The number of methoxy groups -OCH3 is 2. The summed E-state index contributed by atoms with van der Waals surface area (Å²) >= 11 is 0. The first kappa shape index (κ1) is 18.8. The lowest BCUT2D eigenvalue weighted by Gasteiger charge is -2.30. The van der Waals surface area contributed by atoms with Crippen molar-refractivity contribution in [2.75, 3.05) is 27.3 Å². The van der Waals surface area contributed by atoms with Crippen molar-refractivity contribution in [1.29, 1.82) is 0 Å². The first-order valence-corrected chi connectivity index (χ1v) is 8.93. The molecule has 2 heterocycles. The van der Waals surface area contributed by atoms with Crippen LogP contribution < -0.4 is 14.8 Å². The van der Waals surface area contributed by atoms with Crippen LogP contribution in [0.25, 0.3) is 0 Å². The summed E-state index contributed by atoms with van der Waals surface area (Å²) in [7, 11) is 3.17. The van der Waals surface area contributed by atoms with Gasteiger partial charge >= 0.3 is 0 Å². The highest BCUT2D eigenvalue weighted by atomic mass is 16.5. The summed E-state index contributed by atoms with van der Waals surface area (Å²) in [6.07, 6.45) is 2.77. The Balaban J connectivity index is 1.49. The Kier molecular flexibility index (Phi) is 6.01. The summed E-state index contributed by atoms with van der Waals surface area (Å²) < 4.78 is 15.7. The van der Waals surface area contributed by atoms with Crippen molar-refractivity contribution in [2.45, 2.75) is 19.4 Å². The molecule has 1 aromatic carbocycles. The Morgan fingerprint density at radius 1 is 1.15 bits per heavy atom. The number of furan rings is 1.